The van der Waals surface area contributed by atoms with Gasteiger partial charge in [-0.2, -0.15) is 0 Å². The van der Waals surface area contributed by atoms with Gasteiger partial charge < -0.3 is 10.1 Å². The Bertz CT molecular complexity index is 807. The van der Waals surface area contributed by atoms with Crippen molar-refractivity contribution in [2.75, 3.05) is 20.2 Å². The van der Waals surface area contributed by atoms with Gasteiger partial charge in [-0.05, 0) is 74.4 Å². The van der Waals surface area contributed by atoms with Gasteiger partial charge in [0.1, 0.15) is 11.8 Å². The summed E-state index contributed by atoms with van der Waals surface area (Å²) in [6, 6.07) is 18.9. The van der Waals surface area contributed by atoms with E-state index in [0.717, 1.165) is 56.5 Å². The van der Waals surface area contributed by atoms with E-state index in [9.17, 15) is 4.79 Å². The monoisotopic (exact) mass is 420 g/mol. The highest BCUT2D eigenvalue weighted by Gasteiger charge is 2.32. The van der Waals surface area contributed by atoms with E-state index in [-0.39, 0.29) is 11.9 Å². The van der Waals surface area contributed by atoms with E-state index in [1.165, 1.54) is 24.8 Å². The van der Waals surface area contributed by atoms with Crippen LogP contribution in [0.1, 0.15) is 62.1 Å². The number of hydrogen-bond acceptors (Lipinski definition) is 3. The first-order chi connectivity index (χ1) is 15.2. The summed E-state index contributed by atoms with van der Waals surface area (Å²) >= 11 is 0. The maximum Gasteiger partial charge on any atom is 0.242 e. The van der Waals surface area contributed by atoms with Gasteiger partial charge in [-0.1, -0.05) is 61.7 Å². The molecule has 2 fully saturated rings. The minimum absolute atomic E-state index is 0.165. The molecule has 1 unspecified atom stereocenters. The van der Waals surface area contributed by atoms with Gasteiger partial charge in [0.05, 0.1) is 7.11 Å². The Labute approximate surface area is 187 Å². The van der Waals surface area contributed by atoms with Gasteiger partial charge in [-0.3, -0.25) is 9.69 Å². The number of ether oxygens (including phenoxy) is 1. The molecular weight excluding hydrogens is 384 g/mol. The van der Waals surface area contributed by atoms with Crippen molar-refractivity contribution in [3.8, 4) is 5.75 Å². The molecule has 2 aliphatic rings. The molecule has 1 atom stereocenters. The van der Waals surface area contributed by atoms with Crippen molar-refractivity contribution in [3.05, 3.63) is 65.7 Å². The molecule has 0 radical (unpaired) electrons. The minimum Gasteiger partial charge on any atom is -0.497 e. The molecule has 4 heteroatoms. The molecule has 2 aromatic carbocycles. The molecule has 1 amide bonds. The quantitative estimate of drug-likeness (QED) is 0.674. The second kappa shape index (κ2) is 10.8. The van der Waals surface area contributed by atoms with Crippen molar-refractivity contribution in [3.63, 3.8) is 0 Å². The molecule has 1 N–H and O–H groups in total. The van der Waals surface area contributed by atoms with Crippen LogP contribution < -0.4 is 10.1 Å². The lowest BCUT2D eigenvalue weighted by Gasteiger charge is -2.38. The number of likely N-dealkylation sites (tertiary alicyclic amines) is 1. The smallest absolute Gasteiger partial charge is 0.242 e. The fraction of sp³-hybridized carbons (Fsp3) is 0.519. The molecule has 4 rings (SSSR count). The third kappa shape index (κ3) is 5.88. The number of methoxy groups -OCH3 is 1. The second-order valence-electron chi connectivity index (χ2n) is 9.19. The molecule has 1 saturated carbocycles. The molecule has 1 heterocycles. The van der Waals surface area contributed by atoms with Crippen LogP contribution in [0.25, 0.3) is 0 Å². The van der Waals surface area contributed by atoms with Gasteiger partial charge in [0.15, 0.2) is 0 Å². The van der Waals surface area contributed by atoms with E-state index in [4.69, 9.17) is 4.74 Å². The predicted octanol–water partition coefficient (Wildman–Crippen LogP) is 5.14. The van der Waals surface area contributed by atoms with E-state index in [2.05, 4.69) is 52.7 Å². The molecule has 1 aliphatic heterocycles. The van der Waals surface area contributed by atoms with E-state index in [0.29, 0.717) is 12.0 Å². The van der Waals surface area contributed by atoms with Crippen LogP contribution in [0.5, 0.6) is 5.75 Å². The molecular formula is C27H36N2O2. The van der Waals surface area contributed by atoms with E-state index in [1.54, 1.807) is 7.11 Å². The van der Waals surface area contributed by atoms with E-state index in [1.807, 2.05) is 12.1 Å². The highest BCUT2D eigenvalue weighted by Crippen LogP contribution is 2.30. The molecule has 0 aromatic heterocycles. The standard InChI is InChI=1S/C27H36N2O2/c1-31-25-14-12-23(13-15-25)26(27(30)28-24-10-6-3-7-11-24)29-18-16-22(17-19-29)20-21-8-4-2-5-9-21/h2,4-5,8-9,12-15,22,24,26H,3,6-7,10-11,16-20H2,1H3,(H,28,30). The fourth-order valence-electron chi connectivity index (χ4n) is 5.20. The maximum atomic E-state index is 13.5. The van der Waals surface area contributed by atoms with Crippen LogP contribution in [-0.4, -0.2) is 37.0 Å². The van der Waals surface area contributed by atoms with Crippen LogP contribution in [0.2, 0.25) is 0 Å². The SMILES string of the molecule is COc1ccc(C(C(=O)NC2CCCCC2)N2CCC(Cc3ccccc3)CC2)cc1. The van der Waals surface area contributed by atoms with Gasteiger partial charge in [-0.15, -0.1) is 0 Å². The molecule has 0 spiro atoms. The van der Waals surface area contributed by atoms with Crippen molar-refractivity contribution in [1.82, 2.24) is 10.2 Å². The fourth-order valence-corrected chi connectivity index (χ4v) is 5.20. The third-order valence-corrected chi connectivity index (χ3v) is 7.01. The Morgan fingerprint density at radius 1 is 0.968 bits per heavy atom. The van der Waals surface area contributed by atoms with Crippen molar-refractivity contribution in [1.29, 1.82) is 0 Å². The number of amides is 1. The second-order valence-corrected chi connectivity index (χ2v) is 9.19. The van der Waals surface area contributed by atoms with Gasteiger partial charge in [0, 0.05) is 6.04 Å². The zero-order valence-electron chi connectivity index (χ0n) is 18.8. The Hall–Kier alpha value is -2.33. The maximum absolute atomic E-state index is 13.5. The van der Waals surface area contributed by atoms with Gasteiger partial charge in [0.2, 0.25) is 5.91 Å². The Kier molecular flexibility index (Phi) is 7.63. The number of carbonyl (C=O) groups excluding carboxylic acids is 1. The lowest BCUT2D eigenvalue weighted by atomic mass is 9.88. The van der Waals surface area contributed by atoms with Gasteiger partial charge in [-0.25, -0.2) is 0 Å². The summed E-state index contributed by atoms with van der Waals surface area (Å²) in [6.07, 6.45) is 9.38. The van der Waals surface area contributed by atoms with Crippen molar-refractivity contribution in [2.24, 2.45) is 5.92 Å². The Morgan fingerprint density at radius 3 is 2.29 bits per heavy atom. The average molecular weight is 421 g/mol. The first-order valence-electron chi connectivity index (χ1n) is 12.0. The Balaban J connectivity index is 1.44. The molecule has 2 aromatic rings. The summed E-state index contributed by atoms with van der Waals surface area (Å²) in [5.41, 5.74) is 2.48. The molecule has 166 valence electrons. The van der Waals surface area contributed by atoms with Crippen LogP contribution in [0.3, 0.4) is 0 Å². The molecule has 1 aliphatic carbocycles. The van der Waals surface area contributed by atoms with Crippen molar-refractivity contribution in [2.45, 2.75) is 63.5 Å². The summed E-state index contributed by atoms with van der Waals surface area (Å²) in [4.78, 5) is 15.8. The van der Waals surface area contributed by atoms with Gasteiger partial charge in [0.25, 0.3) is 0 Å². The van der Waals surface area contributed by atoms with Gasteiger partial charge >= 0.3 is 0 Å². The number of nitrogens with one attached hydrogen (secondary N) is 1. The highest BCUT2D eigenvalue weighted by atomic mass is 16.5. The van der Waals surface area contributed by atoms with Crippen LogP contribution in [0.15, 0.2) is 54.6 Å². The van der Waals surface area contributed by atoms with Crippen molar-refractivity contribution < 1.29 is 9.53 Å². The van der Waals surface area contributed by atoms with Crippen LogP contribution >= 0.6 is 0 Å². The predicted molar refractivity (Wildman–Crippen MR) is 125 cm³/mol. The number of piperidine rings is 1. The molecule has 31 heavy (non-hydrogen) atoms. The summed E-state index contributed by atoms with van der Waals surface area (Å²) in [5, 5.41) is 3.38. The summed E-state index contributed by atoms with van der Waals surface area (Å²) < 4.78 is 5.33. The summed E-state index contributed by atoms with van der Waals surface area (Å²) in [6.45, 7) is 1.93. The highest BCUT2D eigenvalue weighted by molar-refractivity contribution is 5.83. The summed E-state index contributed by atoms with van der Waals surface area (Å²) in [5.74, 6) is 1.69. The first kappa shape index (κ1) is 21.9. The lowest BCUT2D eigenvalue weighted by Crippen LogP contribution is -2.47. The Morgan fingerprint density at radius 2 is 1.65 bits per heavy atom. The minimum atomic E-state index is -0.217. The topological polar surface area (TPSA) is 41.6 Å². The van der Waals surface area contributed by atoms with E-state index < -0.39 is 0 Å². The largest absolute Gasteiger partial charge is 0.497 e. The number of hydrogen-bond donors (Lipinski definition) is 1. The number of nitrogens with zero attached hydrogens (tertiary/aromatic N) is 1. The molecule has 0 bridgehead atoms. The number of benzene rings is 2. The number of carbonyl (C=O) groups is 1. The summed E-state index contributed by atoms with van der Waals surface area (Å²) in [7, 11) is 1.68. The zero-order chi connectivity index (χ0) is 21.5. The van der Waals surface area contributed by atoms with Crippen LogP contribution in [0, 0.1) is 5.92 Å². The third-order valence-electron chi connectivity index (χ3n) is 7.01. The average Bonchev–Trinajstić information content (AvgIpc) is 2.82. The molecule has 1 saturated heterocycles. The normalized spacial score (nSPS) is 19.6. The molecule has 4 nitrogen and oxygen atoms in total. The zero-order valence-corrected chi connectivity index (χ0v) is 18.8. The first-order valence-corrected chi connectivity index (χ1v) is 12.0. The number of rotatable bonds is 7. The lowest BCUT2D eigenvalue weighted by molar-refractivity contribution is -0.128. The van der Waals surface area contributed by atoms with E-state index >= 15 is 0 Å². The van der Waals surface area contributed by atoms with Crippen LogP contribution in [-0.2, 0) is 11.2 Å². The van der Waals surface area contributed by atoms with Crippen LogP contribution in [0.4, 0.5) is 0 Å². The van der Waals surface area contributed by atoms with Crippen molar-refractivity contribution >= 4 is 5.91 Å².